The molecule has 0 spiro atoms. The van der Waals surface area contributed by atoms with Crippen molar-refractivity contribution in [1.82, 2.24) is 5.32 Å². The quantitative estimate of drug-likeness (QED) is 0.910. The Morgan fingerprint density at radius 2 is 2.22 bits per heavy atom. The zero-order chi connectivity index (χ0) is 13.1. The average molecular weight is 328 g/mol. The Hall–Kier alpha value is -1.20. The molecule has 0 aliphatic rings. The van der Waals surface area contributed by atoms with Gasteiger partial charge in [-0.2, -0.15) is 0 Å². The van der Waals surface area contributed by atoms with Crippen LogP contribution in [0.4, 0.5) is 4.39 Å². The van der Waals surface area contributed by atoms with Gasteiger partial charge in [-0.3, -0.25) is 4.79 Å². The Labute approximate surface area is 117 Å². The first-order valence-electron chi connectivity index (χ1n) is 5.34. The summed E-state index contributed by atoms with van der Waals surface area (Å²) in [6.45, 7) is 2.19. The highest BCUT2D eigenvalue weighted by molar-refractivity contribution is 9.10. The molecule has 0 unspecified atom stereocenters. The number of carbonyl (C=O) groups is 1. The molecule has 0 saturated heterocycles. The van der Waals surface area contributed by atoms with Crippen LogP contribution in [0.1, 0.15) is 20.8 Å². The molecule has 0 aliphatic carbocycles. The number of thiophene rings is 1. The molecule has 5 heteroatoms. The summed E-state index contributed by atoms with van der Waals surface area (Å²) in [4.78, 5) is 13.0. The molecule has 2 aromatic rings. The third kappa shape index (κ3) is 2.97. The maximum Gasteiger partial charge on any atom is 0.251 e. The molecule has 2 nitrogen and oxygen atoms in total. The number of aryl methyl sites for hydroxylation is 1. The monoisotopic (exact) mass is 327 g/mol. The summed E-state index contributed by atoms with van der Waals surface area (Å²) in [6.07, 6.45) is 0. The highest BCUT2D eigenvalue weighted by atomic mass is 79.9. The average Bonchev–Trinajstić information content (AvgIpc) is 2.72. The van der Waals surface area contributed by atoms with Crippen molar-refractivity contribution in [3.8, 4) is 0 Å². The highest BCUT2D eigenvalue weighted by Crippen LogP contribution is 2.22. The van der Waals surface area contributed by atoms with E-state index in [1.165, 1.54) is 18.2 Å². The number of halogens is 2. The highest BCUT2D eigenvalue weighted by Gasteiger charge is 2.10. The van der Waals surface area contributed by atoms with Crippen LogP contribution in [0.3, 0.4) is 0 Å². The molecule has 1 aromatic heterocycles. The molecular formula is C13H11BrFNOS. The van der Waals surface area contributed by atoms with Crippen LogP contribution in [0.2, 0.25) is 0 Å². The largest absolute Gasteiger partial charge is 0.347 e. The van der Waals surface area contributed by atoms with E-state index >= 15 is 0 Å². The van der Waals surface area contributed by atoms with Gasteiger partial charge in [-0.1, -0.05) is 0 Å². The molecule has 1 N–H and O–H groups in total. The summed E-state index contributed by atoms with van der Waals surface area (Å²) in [5, 5.41) is 4.77. The molecule has 0 saturated carbocycles. The molecule has 94 valence electrons. The third-order valence-electron chi connectivity index (χ3n) is 2.53. The standard InChI is InChI=1S/C13H11BrFNOS/c1-8-6-9(15)2-3-10(8)13(17)16-7-12-11(14)4-5-18-12/h2-6H,7H2,1H3,(H,16,17). The van der Waals surface area contributed by atoms with Crippen molar-refractivity contribution in [2.45, 2.75) is 13.5 Å². The first-order chi connectivity index (χ1) is 8.58. The van der Waals surface area contributed by atoms with E-state index in [-0.39, 0.29) is 11.7 Å². The maximum atomic E-state index is 12.9. The van der Waals surface area contributed by atoms with Crippen molar-refractivity contribution in [3.63, 3.8) is 0 Å². The Morgan fingerprint density at radius 3 is 2.83 bits per heavy atom. The minimum absolute atomic E-state index is 0.187. The van der Waals surface area contributed by atoms with Crippen molar-refractivity contribution in [2.24, 2.45) is 0 Å². The van der Waals surface area contributed by atoms with Gasteiger partial charge in [0.15, 0.2) is 0 Å². The van der Waals surface area contributed by atoms with Crippen LogP contribution in [0.15, 0.2) is 34.1 Å². The van der Waals surface area contributed by atoms with Crippen molar-refractivity contribution in [2.75, 3.05) is 0 Å². The third-order valence-corrected chi connectivity index (χ3v) is 4.46. The normalized spacial score (nSPS) is 10.4. The Bertz CT molecular complexity index is 582. The molecule has 0 radical (unpaired) electrons. The fourth-order valence-corrected chi connectivity index (χ4v) is 3.02. The number of hydrogen-bond acceptors (Lipinski definition) is 2. The minimum atomic E-state index is -0.329. The fraction of sp³-hybridized carbons (Fsp3) is 0.154. The molecule has 0 bridgehead atoms. The number of rotatable bonds is 3. The second-order valence-corrected chi connectivity index (χ2v) is 5.69. The van der Waals surface area contributed by atoms with Crippen LogP contribution >= 0.6 is 27.3 Å². The maximum absolute atomic E-state index is 12.9. The molecular weight excluding hydrogens is 317 g/mol. The first kappa shape index (κ1) is 13.2. The topological polar surface area (TPSA) is 29.1 Å². The summed E-state index contributed by atoms with van der Waals surface area (Å²) >= 11 is 4.98. The van der Waals surface area contributed by atoms with Crippen LogP contribution in [0.5, 0.6) is 0 Å². The molecule has 0 fully saturated rings. The molecule has 18 heavy (non-hydrogen) atoms. The van der Waals surface area contributed by atoms with E-state index in [0.29, 0.717) is 17.7 Å². The second-order valence-electron chi connectivity index (χ2n) is 3.83. The van der Waals surface area contributed by atoms with Crippen LogP contribution in [0, 0.1) is 12.7 Å². The molecule has 2 rings (SSSR count). The van der Waals surface area contributed by atoms with Gasteiger partial charge in [-0.15, -0.1) is 11.3 Å². The molecule has 0 atom stereocenters. The molecule has 1 heterocycles. The SMILES string of the molecule is Cc1cc(F)ccc1C(=O)NCc1sccc1Br. The van der Waals surface area contributed by atoms with E-state index in [1.807, 2.05) is 11.4 Å². The van der Waals surface area contributed by atoms with Crippen LogP contribution < -0.4 is 5.32 Å². The predicted octanol–water partition coefficient (Wildman–Crippen LogP) is 3.89. The van der Waals surface area contributed by atoms with Crippen molar-refractivity contribution in [1.29, 1.82) is 0 Å². The zero-order valence-electron chi connectivity index (χ0n) is 9.67. The Kier molecular flexibility index (Phi) is 4.14. The van der Waals surface area contributed by atoms with Crippen LogP contribution in [-0.2, 0) is 6.54 Å². The fourth-order valence-electron chi connectivity index (χ4n) is 1.59. The summed E-state index contributed by atoms with van der Waals surface area (Å²) in [6, 6.07) is 6.09. The van der Waals surface area contributed by atoms with Gasteiger partial charge in [0.2, 0.25) is 0 Å². The Balaban J connectivity index is 2.06. The minimum Gasteiger partial charge on any atom is -0.347 e. The number of amides is 1. The van der Waals surface area contributed by atoms with Gasteiger partial charge in [-0.05, 0) is 58.1 Å². The lowest BCUT2D eigenvalue weighted by atomic mass is 10.1. The van der Waals surface area contributed by atoms with Crippen LogP contribution in [-0.4, -0.2) is 5.91 Å². The van der Waals surface area contributed by atoms with Gasteiger partial charge >= 0.3 is 0 Å². The molecule has 1 amide bonds. The Morgan fingerprint density at radius 1 is 1.44 bits per heavy atom. The van der Waals surface area contributed by atoms with Gasteiger partial charge in [0.25, 0.3) is 5.91 Å². The summed E-state index contributed by atoms with van der Waals surface area (Å²) < 4.78 is 13.9. The molecule has 0 aliphatic heterocycles. The lowest BCUT2D eigenvalue weighted by molar-refractivity contribution is 0.0950. The van der Waals surface area contributed by atoms with Gasteiger partial charge < -0.3 is 5.32 Å². The number of benzene rings is 1. The number of carbonyl (C=O) groups excluding carboxylic acids is 1. The summed E-state index contributed by atoms with van der Waals surface area (Å²) in [5.74, 6) is -0.516. The lowest BCUT2D eigenvalue weighted by Crippen LogP contribution is -2.23. The van der Waals surface area contributed by atoms with Gasteiger partial charge in [0.05, 0.1) is 6.54 Å². The van der Waals surface area contributed by atoms with E-state index in [2.05, 4.69) is 21.2 Å². The van der Waals surface area contributed by atoms with E-state index in [1.54, 1.807) is 18.3 Å². The van der Waals surface area contributed by atoms with Crippen LogP contribution in [0.25, 0.3) is 0 Å². The molecule has 1 aromatic carbocycles. The van der Waals surface area contributed by atoms with E-state index in [9.17, 15) is 9.18 Å². The van der Waals surface area contributed by atoms with Gasteiger partial charge in [0.1, 0.15) is 5.82 Å². The lowest BCUT2D eigenvalue weighted by Gasteiger charge is -2.07. The summed E-state index contributed by atoms with van der Waals surface area (Å²) in [7, 11) is 0. The first-order valence-corrected chi connectivity index (χ1v) is 7.01. The second kappa shape index (κ2) is 5.63. The van der Waals surface area contributed by atoms with Gasteiger partial charge in [-0.25, -0.2) is 4.39 Å². The van der Waals surface area contributed by atoms with Gasteiger partial charge in [0, 0.05) is 14.9 Å². The zero-order valence-corrected chi connectivity index (χ0v) is 12.1. The predicted molar refractivity (Wildman–Crippen MR) is 74.3 cm³/mol. The number of nitrogens with one attached hydrogen (secondary N) is 1. The van der Waals surface area contributed by atoms with E-state index < -0.39 is 0 Å². The summed E-state index contributed by atoms with van der Waals surface area (Å²) in [5.41, 5.74) is 1.14. The van der Waals surface area contributed by atoms with Crippen molar-refractivity contribution < 1.29 is 9.18 Å². The van der Waals surface area contributed by atoms with E-state index in [4.69, 9.17) is 0 Å². The van der Waals surface area contributed by atoms with Crippen molar-refractivity contribution >= 4 is 33.2 Å². The smallest absolute Gasteiger partial charge is 0.251 e. The van der Waals surface area contributed by atoms with E-state index in [0.717, 1.165) is 9.35 Å². The van der Waals surface area contributed by atoms with Crippen molar-refractivity contribution in [3.05, 3.63) is 55.9 Å². The number of hydrogen-bond donors (Lipinski definition) is 1.